The highest BCUT2D eigenvalue weighted by Crippen LogP contribution is 2.15. The van der Waals surface area contributed by atoms with Crippen LogP contribution in [0.2, 0.25) is 0 Å². The average molecular weight is 255 g/mol. The lowest BCUT2D eigenvalue weighted by Crippen LogP contribution is -2.16. The molecule has 0 spiro atoms. The number of hydrogen-bond acceptors (Lipinski definition) is 3. The van der Waals surface area contributed by atoms with Crippen molar-refractivity contribution >= 4 is 5.69 Å². The van der Waals surface area contributed by atoms with E-state index in [0.717, 1.165) is 24.3 Å². The van der Waals surface area contributed by atoms with Gasteiger partial charge in [0.15, 0.2) is 0 Å². The summed E-state index contributed by atoms with van der Waals surface area (Å²) < 4.78 is 0. The van der Waals surface area contributed by atoms with Crippen molar-refractivity contribution in [2.75, 3.05) is 11.9 Å². The molecule has 0 atom stereocenters. The zero-order valence-corrected chi connectivity index (χ0v) is 11.6. The maximum absolute atomic E-state index is 5.55. The van der Waals surface area contributed by atoms with Crippen LogP contribution in [0.3, 0.4) is 0 Å². The minimum atomic E-state index is 0.489. The van der Waals surface area contributed by atoms with Gasteiger partial charge in [0.1, 0.15) is 0 Å². The minimum absolute atomic E-state index is 0.489. The van der Waals surface area contributed by atoms with Gasteiger partial charge in [-0.3, -0.25) is 4.98 Å². The van der Waals surface area contributed by atoms with Crippen molar-refractivity contribution < 1.29 is 0 Å². The Kier molecular flexibility index (Phi) is 4.53. The smallest absolute Gasteiger partial charge is 0.0553 e. The van der Waals surface area contributed by atoms with E-state index < -0.39 is 0 Å². The molecule has 19 heavy (non-hydrogen) atoms. The van der Waals surface area contributed by atoms with Gasteiger partial charge in [-0.25, -0.2) is 0 Å². The van der Waals surface area contributed by atoms with Crippen LogP contribution < -0.4 is 10.6 Å². The number of benzene rings is 1. The molecule has 1 aromatic carbocycles. The Morgan fingerprint density at radius 2 is 1.74 bits per heavy atom. The standard InChI is InChI=1S/C16H21N3/c1-3-13-4-6-14(7-5-13)12-19(2)16-9-8-15(10-17)18-11-16/h4-9,11H,3,10,12,17H2,1-2H3. The van der Waals surface area contributed by atoms with Crippen LogP contribution in [0, 0.1) is 0 Å². The largest absolute Gasteiger partial charge is 0.369 e. The molecule has 1 aromatic heterocycles. The fourth-order valence-corrected chi connectivity index (χ4v) is 2.01. The number of aryl methyl sites for hydroxylation is 1. The Balaban J connectivity index is 2.04. The van der Waals surface area contributed by atoms with Gasteiger partial charge < -0.3 is 10.6 Å². The van der Waals surface area contributed by atoms with Crippen LogP contribution in [0.4, 0.5) is 5.69 Å². The lowest BCUT2D eigenvalue weighted by molar-refractivity contribution is 0.906. The number of pyridine rings is 1. The van der Waals surface area contributed by atoms with Crippen molar-refractivity contribution in [3.63, 3.8) is 0 Å². The minimum Gasteiger partial charge on any atom is -0.369 e. The first-order valence-electron chi connectivity index (χ1n) is 6.67. The van der Waals surface area contributed by atoms with Crippen molar-refractivity contribution in [2.24, 2.45) is 5.73 Å². The van der Waals surface area contributed by atoms with Gasteiger partial charge in [0.05, 0.1) is 17.6 Å². The summed E-state index contributed by atoms with van der Waals surface area (Å²) >= 11 is 0. The normalized spacial score (nSPS) is 10.5. The summed E-state index contributed by atoms with van der Waals surface area (Å²) in [6, 6.07) is 12.8. The van der Waals surface area contributed by atoms with Gasteiger partial charge in [-0.15, -0.1) is 0 Å². The third-order valence-electron chi connectivity index (χ3n) is 3.31. The molecule has 0 aliphatic rings. The van der Waals surface area contributed by atoms with Gasteiger partial charge in [0.25, 0.3) is 0 Å². The van der Waals surface area contributed by atoms with E-state index >= 15 is 0 Å². The molecule has 0 saturated heterocycles. The average Bonchev–Trinajstić information content (AvgIpc) is 2.48. The highest BCUT2D eigenvalue weighted by Gasteiger charge is 2.03. The first-order valence-corrected chi connectivity index (χ1v) is 6.67. The van der Waals surface area contributed by atoms with Crippen molar-refractivity contribution in [1.29, 1.82) is 0 Å². The first-order chi connectivity index (χ1) is 9.22. The molecular formula is C16H21N3. The second kappa shape index (κ2) is 6.34. The predicted molar refractivity (Wildman–Crippen MR) is 80.1 cm³/mol. The molecular weight excluding hydrogens is 234 g/mol. The Morgan fingerprint density at radius 3 is 2.26 bits per heavy atom. The highest BCUT2D eigenvalue weighted by atomic mass is 15.1. The maximum Gasteiger partial charge on any atom is 0.0553 e. The molecule has 3 heteroatoms. The van der Waals surface area contributed by atoms with E-state index in [2.05, 4.69) is 54.2 Å². The van der Waals surface area contributed by atoms with E-state index in [1.165, 1.54) is 11.1 Å². The third-order valence-corrected chi connectivity index (χ3v) is 3.31. The molecule has 0 aliphatic heterocycles. The Bertz CT molecular complexity index is 503. The molecule has 1 heterocycles. The predicted octanol–water partition coefficient (Wildman–Crippen LogP) is 2.74. The molecule has 0 fully saturated rings. The number of hydrogen-bond donors (Lipinski definition) is 1. The summed E-state index contributed by atoms with van der Waals surface area (Å²) in [5, 5.41) is 0. The molecule has 0 aliphatic carbocycles. The summed E-state index contributed by atoms with van der Waals surface area (Å²) in [4.78, 5) is 6.51. The van der Waals surface area contributed by atoms with E-state index in [4.69, 9.17) is 5.73 Å². The lowest BCUT2D eigenvalue weighted by Gasteiger charge is -2.19. The second-order valence-electron chi connectivity index (χ2n) is 4.74. The number of rotatable bonds is 5. The van der Waals surface area contributed by atoms with Crippen LogP contribution in [0.1, 0.15) is 23.7 Å². The van der Waals surface area contributed by atoms with Gasteiger partial charge in [0.2, 0.25) is 0 Å². The van der Waals surface area contributed by atoms with Gasteiger partial charge in [0, 0.05) is 20.1 Å². The fourth-order valence-electron chi connectivity index (χ4n) is 2.01. The van der Waals surface area contributed by atoms with Crippen LogP contribution in [-0.2, 0) is 19.5 Å². The number of anilines is 1. The van der Waals surface area contributed by atoms with Crippen LogP contribution in [-0.4, -0.2) is 12.0 Å². The monoisotopic (exact) mass is 255 g/mol. The van der Waals surface area contributed by atoms with Crippen molar-refractivity contribution in [2.45, 2.75) is 26.4 Å². The van der Waals surface area contributed by atoms with Gasteiger partial charge in [-0.05, 0) is 29.7 Å². The van der Waals surface area contributed by atoms with Crippen molar-refractivity contribution in [1.82, 2.24) is 4.98 Å². The van der Waals surface area contributed by atoms with Crippen LogP contribution in [0.25, 0.3) is 0 Å². The molecule has 100 valence electrons. The maximum atomic E-state index is 5.55. The van der Waals surface area contributed by atoms with Crippen molar-refractivity contribution in [3.8, 4) is 0 Å². The Morgan fingerprint density at radius 1 is 1.05 bits per heavy atom. The summed E-state index contributed by atoms with van der Waals surface area (Å²) in [6.45, 7) is 3.54. The summed E-state index contributed by atoms with van der Waals surface area (Å²) in [5.41, 5.74) is 10.3. The fraction of sp³-hybridized carbons (Fsp3) is 0.312. The summed E-state index contributed by atoms with van der Waals surface area (Å²) in [7, 11) is 2.08. The second-order valence-corrected chi connectivity index (χ2v) is 4.74. The molecule has 3 nitrogen and oxygen atoms in total. The molecule has 0 bridgehead atoms. The van der Waals surface area contributed by atoms with Crippen LogP contribution in [0.15, 0.2) is 42.6 Å². The number of aromatic nitrogens is 1. The number of nitrogens with two attached hydrogens (primary N) is 1. The quantitative estimate of drug-likeness (QED) is 0.893. The molecule has 0 radical (unpaired) electrons. The first kappa shape index (κ1) is 13.6. The van der Waals surface area contributed by atoms with E-state index in [1.807, 2.05) is 12.3 Å². The highest BCUT2D eigenvalue weighted by molar-refractivity contribution is 5.44. The molecule has 2 rings (SSSR count). The molecule has 2 N–H and O–H groups in total. The van der Waals surface area contributed by atoms with E-state index in [1.54, 1.807) is 0 Å². The Labute approximate surface area is 115 Å². The third kappa shape index (κ3) is 3.55. The molecule has 0 saturated carbocycles. The van der Waals surface area contributed by atoms with Gasteiger partial charge in [-0.1, -0.05) is 31.2 Å². The van der Waals surface area contributed by atoms with Crippen LogP contribution >= 0.6 is 0 Å². The van der Waals surface area contributed by atoms with E-state index in [-0.39, 0.29) is 0 Å². The number of nitrogens with zero attached hydrogens (tertiary/aromatic N) is 2. The van der Waals surface area contributed by atoms with Crippen molar-refractivity contribution in [3.05, 3.63) is 59.4 Å². The summed E-state index contributed by atoms with van der Waals surface area (Å²) in [6.07, 6.45) is 2.96. The van der Waals surface area contributed by atoms with E-state index in [0.29, 0.717) is 6.54 Å². The topological polar surface area (TPSA) is 42.1 Å². The SMILES string of the molecule is CCc1ccc(CN(C)c2ccc(CN)nc2)cc1. The summed E-state index contributed by atoms with van der Waals surface area (Å²) in [5.74, 6) is 0. The lowest BCUT2D eigenvalue weighted by atomic mass is 10.1. The van der Waals surface area contributed by atoms with Crippen LogP contribution in [0.5, 0.6) is 0 Å². The molecule has 2 aromatic rings. The van der Waals surface area contributed by atoms with Gasteiger partial charge in [-0.2, -0.15) is 0 Å². The molecule has 0 amide bonds. The van der Waals surface area contributed by atoms with E-state index in [9.17, 15) is 0 Å². The zero-order valence-electron chi connectivity index (χ0n) is 11.6. The molecule has 0 unspecified atom stereocenters. The Hall–Kier alpha value is -1.87. The van der Waals surface area contributed by atoms with Gasteiger partial charge >= 0.3 is 0 Å². The zero-order chi connectivity index (χ0) is 13.7.